The summed E-state index contributed by atoms with van der Waals surface area (Å²) >= 11 is 0.855. The fourth-order valence-electron chi connectivity index (χ4n) is 0.880. The topological polar surface area (TPSA) is 34.1 Å². The number of carbonyl (C=O) groups excluding carboxylic acids is 2. The second-order valence-corrected chi connectivity index (χ2v) is 3.42. The van der Waals surface area contributed by atoms with E-state index in [4.69, 9.17) is 6.42 Å². The largest absolute Gasteiger partial charge is 0.284 e. The summed E-state index contributed by atoms with van der Waals surface area (Å²) in [7, 11) is 0. The van der Waals surface area contributed by atoms with Crippen molar-refractivity contribution in [1.82, 2.24) is 0 Å². The van der Waals surface area contributed by atoms with E-state index >= 15 is 0 Å². The van der Waals surface area contributed by atoms with Gasteiger partial charge in [0, 0.05) is 5.56 Å². The lowest BCUT2D eigenvalue weighted by Gasteiger charge is -1.96. The zero-order chi connectivity index (χ0) is 10.4. The number of rotatable bonds is 3. The highest BCUT2D eigenvalue weighted by molar-refractivity contribution is 8.15. The summed E-state index contributed by atoms with van der Waals surface area (Å²) in [6, 6.07) is 8.43. The monoisotopic (exact) mass is 204 g/mol. The molecule has 0 saturated heterocycles. The molecule has 0 saturated carbocycles. The van der Waals surface area contributed by atoms with Gasteiger partial charge in [0.2, 0.25) is 5.78 Å². The van der Waals surface area contributed by atoms with Crippen LogP contribution in [0.15, 0.2) is 30.3 Å². The summed E-state index contributed by atoms with van der Waals surface area (Å²) in [6.07, 6.45) is 4.98. The van der Waals surface area contributed by atoms with Crippen LogP contribution in [0.4, 0.5) is 0 Å². The van der Waals surface area contributed by atoms with Gasteiger partial charge in [-0.1, -0.05) is 48.0 Å². The number of benzene rings is 1. The van der Waals surface area contributed by atoms with Crippen molar-refractivity contribution in [3.05, 3.63) is 35.9 Å². The maximum Gasteiger partial charge on any atom is 0.260 e. The molecule has 0 aromatic heterocycles. The first-order valence-electron chi connectivity index (χ1n) is 3.95. The van der Waals surface area contributed by atoms with Gasteiger partial charge >= 0.3 is 0 Å². The summed E-state index contributed by atoms with van der Waals surface area (Å²) in [5.74, 6) is 2.03. The minimum absolute atomic E-state index is 0.234. The van der Waals surface area contributed by atoms with Crippen LogP contribution in [-0.2, 0) is 4.79 Å². The second kappa shape index (κ2) is 5.25. The summed E-state index contributed by atoms with van der Waals surface area (Å²) in [5.41, 5.74) is 0.405. The molecule has 2 nitrogen and oxygen atoms in total. The Balaban J connectivity index is 2.68. The maximum atomic E-state index is 11.4. The van der Waals surface area contributed by atoms with Crippen molar-refractivity contribution in [2.45, 2.75) is 0 Å². The van der Waals surface area contributed by atoms with E-state index in [-0.39, 0.29) is 5.75 Å². The first-order chi connectivity index (χ1) is 6.75. The van der Waals surface area contributed by atoms with Gasteiger partial charge in [-0.25, -0.2) is 0 Å². The fraction of sp³-hybridized carbons (Fsp3) is 0.0909. The zero-order valence-corrected chi connectivity index (χ0v) is 8.21. The lowest BCUT2D eigenvalue weighted by atomic mass is 10.1. The van der Waals surface area contributed by atoms with E-state index in [1.807, 2.05) is 0 Å². The van der Waals surface area contributed by atoms with Gasteiger partial charge in [-0.3, -0.25) is 9.59 Å². The molecule has 0 radical (unpaired) electrons. The molecule has 0 amide bonds. The predicted octanol–water partition coefficient (Wildman–Crippen LogP) is 1.76. The maximum absolute atomic E-state index is 11.4. The third-order valence-electron chi connectivity index (χ3n) is 1.51. The number of hydrogen-bond donors (Lipinski definition) is 0. The molecular weight excluding hydrogens is 196 g/mol. The Morgan fingerprint density at radius 1 is 1.29 bits per heavy atom. The van der Waals surface area contributed by atoms with Gasteiger partial charge in [0.25, 0.3) is 5.12 Å². The van der Waals surface area contributed by atoms with Gasteiger partial charge in [0.1, 0.15) is 0 Å². The van der Waals surface area contributed by atoms with E-state index in [0.717, 1.165) is 11.8 Å². The number of carbonyl (C=O) groups is 2. The molecule has 0 spiro atoms. The Morgan fingerprint density at radius 2 is 1.93 bits per heavy atom. The SMILES string of the molecule is C#CCSC(=O)C(=O)c1ccccc1. The molecule has 1 aromatic rings. The Bertz CT molecular complexity index is 376. The van der Waals surface area contributed by atoms with Crippen LogP contribution >= 0.6 is 11.8 Å². The summed E-state index contributed by atoms with van der Waals surface area (Å²) in [6.45, 7) is 0. The molecule has 0 aliphatic rings. The van der Waals surface area contributed by atoms with Crippen LogP contribution in [-0.4, -0.2) is 16.7 Å². The molecular formula is C11H8O2S. The molecule has 0 N–H and O–H groups in total. The molecule has 14 heavy (non-hydrogen) atoms. The number of ketones is 1. The molecule has 0 aliphatic carbocycles. The standard InChI is InChI=1S/C11H8O2S/c1-2-8-14-11(13)10(12)9-6-4-3-5-7-9/h1,3-7H,8H2. The molecule has 0 atom stereocenters. The van der Waals surface area contributed by atoms with E-state index in [1.165, 1.54) is 0 Å². The molecule has 0 heterocycles. The van der Waals surface area contributed by atoms with Crippen LogP contribution in [0.1, 0.15) is 10.4 Å². The van der Waals surface area contributed by atoms with E-state index < -0.39 is 10.9 Å². The Kier molecular flexibility index (Phi) is 3.96. The molecule has 0 unspecified atom stereocenters. The van der Waals surface area contributed by atoms with Crippen LogP contribution in [0.5, 0.6) is 0 Å². The quantitative estimate of drug-likeness (QED) is 0.427. The van der Waals surface area contributed by atoms with Crippen LogP contribution in [0.3, 0.4) is 0 Å². The molecule has 0 fully saturated rings. The average Bonchev–Trinajstić information content (AvgIpc) is 2.26. The van der Waals surface area contributed by atoms with Crippen molar-refractivity contribution < 1.29 is 9.59 Å². The van der Waals surface area contributed by atoms with Gasteiger partial charge in [0.05, 0.1) is 5.75 Å². The highest BCUT2D eigenvalue weighted by Gasteiger charge is 2.15. The minimum Gasteiger partial charge on any atom is -0.284 e. The fourth-order valence-corrected chi connectivity index (χ4v) is 1.34. The average molecular weight is 204 g/mol. The van der Waals surface area contributed by atoms with Gasteiger partial charge < -0.3 is 0 Å². The lowest BCUT2D eigenvalue weighted by Crippen LogP contribution is -2.10. The number of terminal acetylenes is 1. The van der Waals surface area contributed by atoms with Crippen molar-refractivity contribution >= 4 is 22.7 Å². The van der Waals surface area contributed by atoms with Crippen LogP contribution in [0.2, 0.25) is 0 Å². The predicted molar refractivity (Wildman–Crippen MR) is 57.1 cm³/mol. The van der Waals surface area contributed by atoms with Gasteiger partial charge in [0.15, 0.2) is 0 Å². The third kappa shape index (κ3) is 2.75. The van der Waals surface area contributed by atoms with Gasteiger partial charge in [-0.2, -0.15) is 0 Å². The lowest BCUT2D eigenvalue weighted by molar-refractivity contribution is -0.107. The number of thioether (sulfide) groups is 1. The van der Waals surface area contributed by atoms with E-state index in [9.17, 15) is 9.59 Å². The first-order valence-corrected chi connectivity index (χ1v) is 4.94. The first kappa shape index (κ1) is 10.6. The summed E-state index contributed by atoms with van der Waals surface area (Å²) in [5, 5.41) is -0.505. The smallest absolute Gasteiger partial charge is 0.260 e. The third-order valence-corrected chi connectivity index (χ3v) is 2.27. The Hall–Kier alpha value is -1.53. The summed E-state index contributed by atoms with van der Waals surface area (Å²) < 4.78 is 0. The Morgan fingerprint density at radius 3 is 2.50 bits per heavy atom. The van der Waals surface area contributed by atoms with E-state index in [1.54, 1.807) is 30.3 Å². The molecule has 1 aromatic carbocycles. The van der Waals surface area contributed by atoms with Crippen molar-refractivity contribution in [3.8, 4) is 12.3 Å². The molecule has 0 aliphatic heterocycles. The number of Topliss-reactive ketones (excluding diaryl/α,β-unsaturated/α-hetero) is 1. The summed E-state index contributed by atoms with van der Waals surface area (Å²) in [4.78, 5) is 22.6. The molecule has 1 rings (SSSR count). The Labute approximate surface area is 86.7 Å². The van der Waals surface area contributed by atoms with Gasteiger partial charge in [-0.15, -0.1) is 6.42 Å². The number of hydrogen-bond acceptors (Lipinski definition) is 3. The van der Waals surface area contributed by atoms with Crippen molar-refractivity contribution in [3.63, 3.8) is 0 Å². The van der Waals surface area contributed by atoms with Crippen LogP contribution < -0.4 is 0 Å². The van der Waals surface area contributed by atoms with Crippen LogP contribution in [0.25, 0.3) is 0 Å². The van der Waals surface area contributed by atoms with E-state index in [0.29, 0.717) is 5.56 Å². The highest BCUT2D eigenvalue weighted by atomic mass is 32.2. The van der Waals surface area contributed by atoms with Gasteiger partial charge in [-0.05, 0) is 0 Å². The highest BCUT2D eigenvalue weighted by Crippen LogP contribution is 2.08. The normalized spacial score (nSPS) is 9.07. The molecule has 70 valence electrons. The molecule has 3 heteroatoms. The van der Waals surface area contributed by atoms with Crippen molar-refractivity contribution in [2.24, 2.45) is 0 Å². The second-order valence-electron chi connectivity index (χ2n) is 2.48. The van der Waals surface area contributed by atoms with Crippen molar-refractivity contribution in [1.29, 1.82) is 0 Å². The van der Waals surface area contributed by atoms with E-state index in [2.05, 4.69) is 5.92 Å². The van der Waals surface area contributed by atoms with Crippen LogP contribution in [0, 0.1) is 12.3 Å². The molecule has 0 bridgehead atoms. The zero-order valence-electron chi connectivity index (χ0n) is 7.40. The minimum atomic E-state index is -0.505. The van der Waals surface area contributed by atoms with Crippen molar-refractivity contribution in [2.75, 3.05) is 5.75 Å².